The standard InChI is InChI=1S/C10H16ClN3O/c1-3-5-14(6-4-11)9-7-12-8(2)13-10(9)15/h7,12H,2-6H2,1H3,(H,13,15). The van der Waals surface area contributed by atoms with Crippen LogP contribution in [0.15, 0.2) is 24.3 Å². The van der Waals surface area contributed by atoms with Crippen molar-refractivity contribution in [2.24, 2.45) is 0 Å². The number of alkyl halides is 1. The van der Waals surface area contributed by atoms with Crippen molar-refractivity contribution in [1.29, 1.82) is 0 Å². The van der Waals surface area contributed by atoms with E-state index in [0.717, 1.165) is 13.0 Å². The summed E-state index contributed by atoms with van der Waals surface area (Å²) in [6.45, 7) is 7.17. The number of hydrogen-bond acceptors (Lipinski definition) is 3. The van der Waals surface area contributed by atoms with Crippen LogP contribution in [0.25, 0.3) is 0 Å². The van der Waals surface area contributed by atoms with E-state index in [2.05, 4.69) is 24.1 Å². The van der Waals surface area contributed by atoms with Crippen molar-refractivity contribution in [3.63, 3.8) is 0 Å². The Morgan fingerprint density at radius 3 is 2.80 bits per heavy atom. The minimum Gasteiger partial charge on any atom is -0.365 e. The summed E-state index contributed by atoms with van der Waals surface area (Å²) in [5, 5.41) is 5.52. The molecule has 1 rings (SSSR count). The van der Waals surface area contributed by atoms with E-state index in [0.29, 0.717) is 23.9 Å². The highest BCUT2D eigenvalue weighted by molar-refractivity contribution is 6.18. The molecule has 0 saturated heterocycles. The molecule has 0 bridgehead atoms. The lowest BCUT2D eigenvalue weighted by Crippen LogP contribution is -2.42. The zero-order chi connectivity index (χ0) is 11.3. The van der Waals surface area contributed by atoms with Gasteiger partial charge in [0.25, 0.3) is 5.91 Å². The van der Waals surface area contributed by atoms with Crippen LogP contribution in [0.3, 0.4) is 0 Å². The zero-order valence-electron chi connectivity index (χ0n) is 8.85. The van der Waals surface area contributed by atoms with Crippen molar-refractivity contribution in [2.75, 3.05) is 19.0 Å². The van der Waals surface area contributed by atoms with E-state index in [9.17, 15) is 4.79 Å². The van der Waals surface area contributed by atoms with Crippen LogP contribution in [0.5, 0.6) is 0 Å². The molecule has 0 atom stereocenters. The Morgan fingerprint density at radius 2 is 2.27 bits per heavy atom. The molecule has 84 valence electrons. The molecule has 0 spiro atoms. The first kappa shape index (κ1) is 11.9. The minimum absolute atomic E-state index is 0.127. The average Bonchev–Trinajstić information content (AvgIpc) is 2.17. The van der Waals surface area contributed by atoms with Gasteiger partial charge in [-0.05, 0) is 6.42 Å². The number of nitrogens with one attached hydrogen (secondary N) is 2. The SMILES string of the molecule is C=C1NC=C(N(CCC)CCCl)C(=O)N1. The zero-order valence-corrected chi connectivity index (χ0v) is 9.60. The Kier molecular flexibility index (Phi) is 4.49. The topological polar surface area (TPSA) is 44.4 Å². The maximum atomic E-state index is 11.6. The fourth-order valence-corrected chi connectivity index (χ4v) is 1.62. The molecule has 1 amide bonds. The Hall–Kier alpha value is -1.16. The molecule has 0 aromatic rings. The van der Waals surface area contributed by atoms with Gasteiger partial charge in [0.2, 0.25) is 0 Å². The Labute approximate surface area is 95.0 Å². The Balaban J connectivity index is 2.73. The van der Waals surface area contributed by atoms with Crippen LogP contribution in [0.4, 0.5) is 0 Å². The highest BCUT2D eigenvalue weighted by Crippen LogP contribution is 2.09. The van der Waals surface area contributed by atoms with Crippen LogP contribution in [-0.2, 0) is 4.79 Å². The molecule has 0 aromatic heterocycles. The van der Waals surface area contributed by atoms with Crippen LogP contribution in [0.2, 0.25) is 0 Å². The maximum Gasteiger partial charge on any atom is 0.274 e. The molecule has 0 aliphatic carbocycles. The van der Waals surface area contributed by atoms with E-state index in [4.69, 9.17) is 11.6 Å². The van der Waals surface area contributed by atoms with Crippen molar-refractivity contribution >= 4 is 17.5 Å². The van der Waals surface area contributed by atoms with Crippen molar-refractivity contribution in [1.82, 2.24) is 15.5 Å². The summed E-state index contributed by atoms with van der Waals surface area (Å²) in [6.07, 6.45) is 2.64. The third kappa shape index (κ3) is 3.16. The smallest absolute Gasteiger partial charge is 0.274 e. The molecule has 0 saturated carbocycles. The van der Waals surface area contributed by atoms with Gasteiger partial charge in [0, 0.05) is 25.2 Å². The summed E-state index contributed by atoms with van der Waals surface area (Å²) in [4.78, 5) is 13.6. The second-order valence-corrected chi connectivity index (χ2v) is 3.66. The van der Waals surface area contributed by atoms with E-state index in [1.54, 1.807) is 6.20 Å². The molecule has 15 heavy (non-hydrogen) atoms. The molecule has 1 aliphatic rings. The fraction of sp³-hybridized carbons (Fsp3) is 0.500. The lowest BCUT2D eigenvalue weighted by atomic mass is 10.3. The molecular formula is C10H16ClN3O. The van der Waals surface area contributed by atoms with E-state index >= 15 is 0 Å². The minimum atomic E-state index is -0.127. The van der Waals surface area contributed by atoms with Gasteiger partial charge < -0.3 is 15.5 Å². The number of rotatable bonds is 5. The molecule has 1 heterocycles. The first-order chi connectivity index (χ1) is 7.19. The molecule has 0 radical (unpaired) electrons. The molecule has 0 fully saturated rings. The molecule has 0 aromatic carbocycles. The lowest BCUT2D eigenvalue weighted by Gasteiger charge is -2.28. The van der Waals surface area contributed by atoms with Gasteiger partial charge in [0.05, 0.1) is 0 Å². The van der Waals surface area contributed by atoms with Gasteiger partial charge >= 0.3 is 0 Å². The first-order valence-corrected chi connectivity index (χ1v) is 5.50. The Bertz CT molecular complexity index is 282. The van der Waals surface area contributed by atoms with E-state index in [-0.39, 0.29) is 5.91 Å². The summed E-state index contributed by atoms with van der Waals surface area (Å²) >= 11 is 5.69. The quantitative estimate of drug-likeness (QED) is 0.691. The highest BCUT2D eigenvalue weighted by atomic mass is 35.5. The third-order valence-corrected chi connectivity index (χ3v) is 2.24. The number of amides is 1. The average molecular weight is 230 g/mol. The molecule has 5 heteroatoms. The first-order valence-electron chi connectivity index (χ1n) is 4.97. The van der Waals surface area contributed by atoms with Gasteiger partial charge in [-0.2, -0.15) is 0 Å². The second kappa shape index (κ2) is 5.66. The lowest BCUT2D eigenvalue weighted by molar-refractivity contribution is -0.118. The van der Waals surface area contributed by atoms with E-state index in [1.165, 1.54) is 0 Å². The van der Waals surface area contributed by atoms with E-state index < -0.39 is 0 Å². The number of carbonyl (C=O) groups excluding carboxylic acids is 1. The maximum absolute atomic E-state index is 11.6. The second-order valence-electron chi connectivity index (χ2n) is 3.28. The summed E-state index contributed by atoms with van der Waals surface area (Å²) in [5.74, 6) is 0.884. The molecule has 4 nitrogen and oxygen atoms in total. The van der Waals surface area contributed by atoms with Gasteiger partial charge in [-0.25, -0.2) is 0 Å². The van der Waals surface area contributed by atoms with E-state index in [1.807, 2.05) is 4.90 Å². The predicted molar refractivity (Wildman–Crippen MR) is 61.1 cm³/mol. The van der Waals surface area contributed by atoms with Gasteiger partial charge in [0.15, 0.2) is 0 Å². The van der Waals surface area contributed by atoms with Crippen LogP contribution in [-0.4, -0.2) is 29.8 Å². The fourth-order valence-electron chi connectivity index (χ4n) is 1.42. The summed E-state index contributed by atoms with van der Waals surface area (Å²) in [5.41, 5.74) is 0.616. The summed E-state index contributed by atoms with van der Waals surface area (Å²) < 4.78 is 0. The van der Waals surface area contributed by atoms with Crippen LogP contribution >= 0.6 is 11.6 Å². The Morgan fingerprint density at radius 1 is 1.53 bits per heavy atom. The van der Waals surface area contributed by atoms with Crippen molar-refractivity contribution in [2.45, 2.75) is 13.3 Å². The number of nitrogens with zero attached hydrogens (tertiary/aromatic N) is 1. The monoisotopic (exact) mass is 229 g/mol. The number of halogens is 1. The van der Waals surface area contributed by atoms with Gasteiger partial charge in [-0.15, -0.1) is 11.6 Å². The summed E-state index contributed by atoms with van der Waals surface area (Å²) in [6, 6.07) is 0. The van der Waals surface area contributed by atoms with Crippen LogP contribution in [0.1, 0.15) is 13.3 Å². The normalized spacial score (nSPS) is 15.5. The predicted octanol–water partition coefficient (Wildman–Crippen LogP) is 0.969. The molecule has 1 aliphatic heterocycles. The van der Waals surface area contributed by atoms with Gasteiger partial charge in [0.1, 0.15) is 11.5 Å². The highest BCUT2D eigenvalue weighted by Gasteiger charge is 2.20. The van der Waals surface area contributed by atoms with Gasteiger partial charge in [-0.1, -0.05) is 13.5 Å². The molecular weight excluding hydrogens is 214 g/mol. The molecule has 2 N–H and O–H groups in total. The van der Waals surface area contributed by atoms with Crippen LogP contribution in [0, 0.1) is 0 Å². The molecule has 0 unspecified atom stereocenters. The number of carbonyl (C=O) groups is 1. The van der Waals surface area contributed by atoms with Gasteiger partial charge in [-0.3, -0.25) is 4.79 Å². The largest absolute Gasteiger partial charge is 0.365 e. The summed E-state index contributed by atoms with van der Waals surface area (Å²) in [7, 11) is 0. The van der Waals surface area contributed by atoms with Crippen molar-refractivity contribution in [3.05, 3.63) is 24.3 Å². The van der Waals surface area contributed by atoms with Crippen molar-refractivity contribution < 1.29 is 4.79 Å². The third-order valence-electron chi connectivity index (χ3n) is 2.07. The van der Waals surface area contributed by atoms with Crippen LogP contribution < -0.4 is 10.6 Å². The van der Waals surface area contributed by atoms with Crippen molar-refractivity contribution in [3.8, 4) is 0 Å². The number of hydrogen-bond donors (Lipinski definition) is 2.